The Kier molecular flexibility index (Phi) is 3.43. The first-order valence-electron chi connectivity index (χ1n) is 5.53. The molecule has 1 aromatic rings. The van der Waals surface area contributed by atoms with E-state index in [0.717, 1.165) is 26.2 Å². The minimum absolute atomic E-state index is 0.296. The number of primary amides is 1. The van der Waals surface area contributed by atoms with Crippen LogP contribution in [0, 0.1) is 5.92 Å². The highest BCUT2D eigenvalue weighted by Gasteiger charge is 2.15. The Balaban J connectivity index is 2.00. The van der Waals surface area contributed by atoms with Crippen LogP contribution in [0.4, 0.5) is 11.5 Å². The number of ether oxygens (including phenoxy) is 1. The normalized spacial score (nSPS) is 19.2. The summed E-state index contributed by atoms with van der Waals surface area (Å²) in [5.41, 5.74) is 11.4. The fourth-order valence-corrected chi connectivity index (χ4v) is 1.77. The molecule has 0 aromatic carbocycles. The minimum Gasteiger partial charge on any atom is -0.397 e. The van der Waals surface area contributed by atoms with Gasteiger partial charge in [0.1, 0.15) is 5.82 Å². The third kappa shape index (κ3) is 2.85. The lowest BCUT2D eigenvalue weighted by atomic mass is 10.1. The zero-order valence-electron chi connectivity index (χ0n) is 9.48. The van der Waals surface area contributed by atoms with Gasteiger partial charge in [0.05, 0.1) is 24.1 Å². The van der Waals surface area contributed by atoms with Gasteiger partial charge in [0, 0.05) is 19.1 Å². The average Bonchev–Trinajstić information content (AvgIpc) is 2.80. The van der Waals surface area contributed by atoms with E-state index in [4.69, 9.17) is 16.2 Å². The molecule has 0 saturated carbocycles. The standard InChI is InChI=1S/C11H16N4O2/c12-9-5-15-10(3-8(9)11(13)16)14-4-7-1-2-17-6-7/h3,5,7H,1-2,4,6,12H2,(H2,13,16)(H,14,15). The summed E-state index contributed by atoms with van der Waals surface area (Å²) < 4.78 is 5.27. The van der Waals surface area contributed by atoms with Gasteiger partial charge in [-0.05, 0) is 12.5 Å². The van der Waals surface area contributed by atoms with Crippen LogP contribution in [0.5, 0.6) is 0 Å². The second kappa shape index (κ2) is 5.01. The van der Waals surface area contributed by atoms with Crippen molar-refractivity contribution in [3.63, 3.8) is 0 Å². The van der Waals surface area contributed by atoms with E-state index < -0.39 is 5.91 Å². The van der Waals surface area contributed by atoms with Gasteiger partial charge >= 0.3 is 0 Å². The highest BCUT2D eigenvalue weighted by Crippen LogP contribution is 2.16. The van der Waals surface area contributed by atoms with Gasteiger partial charge in [-0.2, -0.15) is 0 Å². The molecule has 5 N–H and O–H groups in total. The summed E-state index contributed by atoms with van der Waals surface area (Å²) in [7, 11) is 0. The molecule has 17 heavy (non-hydrogen) atoms. The lowest BCUT2D eigenvalue weighted by molar-refractivity contribution is 0.100. The number of carbonyl (C=O) groups is 1. The number of carbonyl (C=O) groups excluding carboxylic acids is 1. The van der Waals surface area contributed by atoms with Gasteiger partial charge in [-0.25, -0.2) is 4.98 Å². The number of nitrogens with two attached hydrogens (primary N) is 2. The van der Waals surface area contributed by atoms with E-state index in [-0.39, 0.29) is 0 Å². The predicted molar refractivity (Wildman–Crippen MR) is 64.6 cm³/mol. The number of amides is 1. The molecule has 1 aromatic heterocycles. The summed E-state index contributed by atoms with van der Waals surface area (Å²) in [5.74, 6) is 0.559. The van der Waals surface area contributed by atoms with E-state index in [1.165, 1.54) is 6.20 Å². The van der Waals surface area contributed by atoms with Crippen LogP contribution >= 0.6 is 0 Å². The van der Waals surface area contributed by atoms with Crippen molar-refractivity contribution in [2.75, 3.05) is 30.8 Å². The first-order chi connectivity index (χ1) is 8.16. The number of nitrogens with zero attached hydrogens (tertiary/aromatic N) is 1. The van der Waals surface area contributed by atoms with Gasteiger partial charge < -0.3 is 21.5 Å². The molecule has 1 fully saturated rings. The van der Waals surface area contributed by atoms with Crippen LogP contribution < -0.4 is 16.8 Å². The molecular formula is C11H16N4O2. The van der Waals surface area contributed by atoms with E-state index in [2.05, 4.69) is 10.3 Å². The van der Waals surface area contributed by atoms with Gasteiger partial charge in [0.15, 0.2) is 0 Å². The molecule has 0 spiro atoms. The summed E-state index contributed by atoms with van der Waals surface area (Å²) in [6, 6.07) is 1.58. The lowest BCUT2D eigenvalue weighted by Gasteiger charge is -2.11. The zero-order valence-corrected chi connectivity index (χ0v) is 9.48. The van der Waals surface area contributed by atoms with Crippen molar-refractivity contribution in [1.82, 2.24) is 4.98 Å². The molecule has 0 aliphatic carbocycles. The van der Waals surface area contributed by atoms with E-state index >= 15 is 0 Å². The van der Waals surface area contributed by atoms with Crippen molar-refractivity contribution in [2.24, 2.45) is 11.7 Å². The van der Waals surface area contributed by atoms with Crippen molar-refractivity contribution in [1.29, 1.82) is 0 Å². The average molecular weight is 236 g/mol. The Bertz CT molecular complexity index is 416. The molecular weight excluding hydrogens is 220 g/mol. The quantitative estimate of drug-likeness (QED) is 0.693. The van der Waals surface area contributed by atoms with E-state index in [9.17, 15) is 4.79 Å². The topological polar surface area (TPSA) is 103 Å². The number of pyridine rings is 1. The lowest BCUT2D eigenvalue weighted by Crippen LogP contribution is -2.17. The molecule has 6 heteroatoms. The number of nitrogens with one attached hydrogen (secondary N) is 1. The van der Waals surface area contributed by atoms with E-state index in [1.807, 2.05) is 0 Å². The molecule has 1 unspecified atom stereocenters. The molecule has 6 nitrogen and oxygen atoms in total. The van der Waals surface area contributed by atoms with Crippen LogP contribution in [0.2, 0.25) is 0 Å². The van der Waals surface area contributed by atoms with Crippen LogP contribution in [-0.2, 0) is 4.74 Å². The summed E-state index contributed by atoms with van der Waals surface area (Å²) in [6.07, 6.45) is 2.48. The van der Waals surface area contributed by atoms with Crippen LogP contribution in [0.25, 0.3) is 0 Å². The smallest absolute Gasteiger partial charge is 0.250 e. The third-order valence-corrected chi connectivity index (χ3v) is 2.80. The number of rotatable bonds is 4. The second-order valence-electron chi connectivity index (χ2n) is 4.13. The molecule has 1 amide bonds. The summed E-state index contributed by atoms with van der Waals surface area (Å²) in [4.78, 5) is 15.2. The molecule has 0 bridgehead atoms. The molecule has 0 radical (unpaired) electrons. The Morgan fingerprint density at radius 1 is 1.65 bits per heavy atom. The molecule has 1 saturated heterocycles. The first-order valence-corrected chi connectivity index (χ1v) is 5.53. The maximum atomic E-state index is 11.1. The number of hydrogen-bond acceptors (Lipinski definition) is 5. The SMILES string of the molecule is NC(=O)c1cc(NCC2CCOC2)ncc1N. The molecule has 1 atom stereocenters. The van der Waals surface area contributed by atoms with Gasteiger partial charge in [-0.3, -0.25) is 4.79 Å². The van der Waals surface area contributed by atoms with Gasteiger partial charge in [-0.15, -0.1) is 0 Å². The van der Waals surface area contributed by atoms with Crippen LogP contribution in [0.15, 0.2) is 12.3 Å². The maximum Gasteiger partial charge on any atom is 0.250 e. The molecule has 2 heterocycles. The van der Waals surface area contributed by atoms with Gasteiger partial charge in [0.2, 0.25) is 0 Å². The zero-order chi connectivity index (χ0) is 12.3. The molecule has 1 aliphatic rings. The monoisotopic (exact) mass is 236 g/mol. The number of nitrogen functional groups attached to an aromatic ring is 1. The van der Waals surface area contributed by atoms with Crippen molar-refractivity contribution >= 4 is 17.4 Å². The Morgan fingerprint density at radius 3 is 3.12 bits per heavy atom. The highest BCUT2D eigenvalue weighted by atomic mass is 16.5. The second-order valence-corrected chi connectivity index (χ2v) is 4.13. The van der Waals surface area contributed by atoms with Crippen molar-refractivity contribution in [2.45, 2.75) is 6.42 Å². The van der Waals surface area contributed by atoms with E-state index in [1.54, 1.807) is 6.07 Å². The van der Waals surface area contributed by atoms with Gasteiger partial charge in [-0.1, -0.05) is 0 Å². The third-order valence-electron chi connectivity index (χ3n) is 2.80. The number of hydrogen-bond donors (Lipinski definition) is 3. The first kappa shape index (κ1) is 11.7. The Labute approximate surface area is 99.3 Å². The highest BCUT2D eigenvalue weighted by molar-refractivity contribution is 5.98. The van der Waals surface area contributed by atoms with Crippen LogP contribution in [0.3, 0.4) is 0 Å². The molecule has 92 valence electrons. The van der Waals surface area contributed by atoms with Crippen LogP contribution in [0.1, 0.15) is 16.8 Å². The predicted octanol–water partition coefficient (Wildman–Crippen LogP) is 0.211. The molecule has 1 aliphatic heterocycles. The number of aromatic nitrogens is 1. The summed E-state index contributed by atoms with van der Waals surface area (Å²) in [6.45, 7) is 2.35. The van der Waals surface area contributed by atoms with E-state index in [0.29, 0.717) is 23.0 Å². The van der Waals surface area contributed by atoms with Crippen LogP contribution in [-0.4, -0.2) is 30.6 Å². The fraction of sp³-hybridized carbons (Fsp3) is 0.455. The Hall–Kier alpha value is -1.82. The van der Waals surface area contributed by atoms with Crippen molar-refractivity contribution in [3.05, 3.63) is 17.8 Å². The largest absolute Gasteiger partial charge is 0.397 e. The Morgan fingerprint density at radius 2 is 2.47 bits per heavy atom. The van der Waals surface area contributed by atoms with Gasteiger partial charge in [0.25, 0.3) is 5.91 Å². The summed E-state index contributed by atoms with van der Waals surface area (Å²) >= 11 is 0. The number of anilines is 2. The molecule has 2 rings (SSSR count). The maximum absolute atomic E-state index is 11.1. The minimum atomic E-state index is -0.544. The van der Waals surface area contributed by atoms with Crippen molar-refractivity contribution in [3.8, 4) is 0 Å². The summed E-state index contributed by atoms with van der Waals surface area (Å²) in [5, 5.41) is 3.15. The van der Waals surface area contributed by atoms with Crippen molar-refractivity contribution < 1.29 is 9.53 Å². The fourth-order valence-electron chi connectivity index (χ4n) is 1.77.